The van der Waals surface area contributed by atoms with Gasteiger partial charge in [-0.2, -0.15) is 4.31 Å². The van der Waals surface area contributed by atoms with Crippen LogP contribution < -0.4 is 0 Å². The van der Waals surface area contributed by atoms with Gasteiger partial charge < -0.3 is 4.90 Å². The second-order valence-corrected chi connectivity index (χ2v) is 8.75. The van der Waals surface area contributed by atoms with Crippen LogP contribution in [0.15, 0.2) is 71.9 Å². The molecule has 0 aliphatic carbocycles. The lowest BCUT2D eigenvalue weighted by Crippen LogP contribution is -2.51. The van der Waals surface area contributed by atoms with Crippen molar-refractivity contribution in [3.63, 3.8) is 0 Å². The number of hydrogen-bond donors (Lipinski definition) is 0. The minimum absolute atomic E-state index is 0.0481. The Bertz CT molecular complexity index is 959. The summed E-state index contributed by atoms with van der Waals surface area (Å²) in [5, 5.41) is 0. The molecule has 1 saturated heterocycles. The summed E-state index contributed by atoms with van der Waals surface area (Å²) < 4.78 is 42.5. The fraction of sp³-hybridized carbons (Fsp3) is 0.286. The average Bonchev–Trinajstić information content (AvgIpc) is 3.08. The van der Waals surface area contributed by atoms with E-state index in [-0.39, 0.29) is 23.8 Å². The van der Waals surface area contributed by atoms with Crippen LogP contribution in [-0.4, -0.2) is 36.2 Å². The van der Waals surface area contributed by atoms with Gasteiger partial charge in [-0.15, -0.1) is 0 Å². The minimum Gasteiger partial charge on any atom is -0.320 e. The normalized spacial score (nSPS) is 15.8. The molecular weight excluding hydrogens is 379 g/mol. The van der Waals surface area contributed by atoms with Crippen molar-refractivity contribution >= 4 is 15.9 Å². The van der Waals surface area contributed by atoms with Gasteiger partial charge in [-0.1, -0.05) is 54.6 Å². The molecule has 5 nitrogen and oxygen atoms in total. The fourth-order valence-corrected chi connectivity index (χ4v) is 4.88. The summed E-state index contributed by atoms with van der Waals surface area (Å²) in [6.45, 7) is 5.42. The second kappa shape index (κ2) is 8.24. The van der Waals surface area contributed by atoms with E-state index in [1.165, 1.54) is 17.0 Å². The van der Waals surface area contributed by atoms with Crippen molar-refractivity contribution in [2.45, 2.75) is 37.4 Å². The van der Waals surface area contributed by atoms with E-state index in [1.807, 2.05) is 13.0 Å². The Labute approximate surface area is 165 Å². The minimum atomic E-state index is -4.08. The fourth-order valence-electron chi connectivity index (χ4n) is 3.32. The molecule has 0 spiro atoms. The highest BCUT2D eigenvalue weighted by molar-refractivity contribution is 7.89. The van der Waals surface area contributed by atoms with Crippen molar-refractivity contribution in [2.75, 3.05) is 6.54 Å². The molecule has 0 radical (unpaired) electrons. The van der Waals surface area contributed by atoms with E-state index >= 15 is 0 Å². The molecule has 2 aromatic carbocycles. The topological polar surface area (TPSA) is 57.7 Å². The van der Waals surface area contributed by atoms with Crippen LogP contribution in [0.25, 0.3) is 0 Å². The van der Waals surface area contributed by atoms with Crippen LogP contribution in [0.3, 0.4) is 0 Å². The van der Waals surface area contributed by atoms with E-state index in [1.54, 1.807) is 36.4 Å². The molecule has 2 aromatic rings. The maximum absolute atomic E-state index is 14.6. The molecule has 1 heterocycles. The van der Waals surface area contributed by atoms with E-state index < -0.39 is 22.0 Å². The van der Waals surface area contributed by atoms with E-state index in [2.05, 4.69) is 6.58 Å². The third kappa shape index (κ3) is 4.15. The van der Waals surface area contributed by atoms with Crippen LogP contribution in [0, 0.1) is 6.92 Å². The lowest BCUT2D eigenvalue weighted by atomic mass is 10.2. The molecule has 1 unspecified atom stereocenters. The molecule has 3 rings (SSSR count). The quantitative estimate of drug-likeness (QED) is 0.711. The van der Waals surface area contributed by atoms with Crippen molar-refractivity contribution in [1.29, 1.82) is 0 Å². The number of hydrogen-bond acceptors (Lipinski definition) is 3. The number of likely N-dealkylation sites (tertiary alicyclic amines) is 1. The average molecular weight is 402 g/mol. The van der Waals surface area contributed by atoms with Crippen molar-refractivity contribution in [3.8, 4) is 0 Å². The summed E-state index contributed by atoms with van der Waals surface area (Å²) in [5.74, 6) is -1.15. The highest BCUT2D eigenvalue weighted by Gasteiger charge is 2.40. The van der Waals surface area contributed by atoms with Gasteiger partial charge >= 0.3 is 0 Å². The monoisotopic (exact) mass is 402 g/mol. The number of nitrogens with zero attached hydrogens (tertiary/aromatic N) is 2. The predicted octanol–water partition coefficient (Wildman–Crippen LogP) is 3.62. The van der Waals surface area contributed by atoms with Gasteiger partial charge in [0.2, 0.25) is 15.9 Å². The van der Waals surface area contributed by atoms with Crippen molar-refractivity contribution < 1.29 is 17.6 Å². The highest BCUT2D eigenvalue weighted by Crippen LogP contribution is 2.29. The summed E-state index contributed by atoms with van der Waals surface area (Å²) in [7, 11) is -4.08. The van der Waals surface area contributed by atoms with E-state index in [4.69, 9.17) is 0 Å². The maximum atomic E-state index is 14.6. The van der Waals surface area contributed by atoms with Gasteiger partial charge in [0, 0.05) is 19.5 Å². The van der Waals surface area contributed by atoms with Crippen molar-refractivity contribution in [2.24, 2.45) is 0 Å². The van der Waals surface area contributed by atoms with E-state index in [9.17, 15) is 17.6 Å². The number of carbonyl (C=O) groups is 1. The Morgan fingerprint density at radius 3 is 2.36 bits per heavy atom. The summed E-state index contributed by atoms with van der Waals surface area (Å²) in [6.07, 6.45) is -0.540. The molecule has 1 atom stereocenters. The zero-order chi connectivity index (χ0) is 20.3. The first-order valence-electron chi connectivity index (χ1n) is 9.07. The van der Waals surface area contributed by atoms with Gasteiger partial charge in [0.1, 0.15) is 5.83 Å². The summed E-state index contributed by atoms with van der Waals surface area (Å²) >= 11 is 0. The molecule has 148 valence electrons. The SMILES string of the molecule is C=C(F)C(N1CCCC1=O)N(Cc1ccccc1)S(=O)(=O)c1ccc(C)cc1. The van der Waals surface area contributed by atoms with Crippen LogP contribution in [0.1, 0.15) is 24.0 Å². The molecule has 7 heteroatoms. The van der Waals surface area contributed by atoms with Gasteiger partial charge in [0.15, 0.2) is 6.17 Å². The zero-order valence-corrected chi connectivity index (χ0v) is 16.5. The van der Waals surface area contributed by atoms with Gasteiger partial charge in [-0.25, -0.2) is 12.8 Å². The zero-order valence-electron chi connectivity index (χ0n) is 15.7. The van der Waals surface area contributed by atoms with E-state index in [0.29, 0.717) is 18.5 Å². The molecule has 28 heavy (non-hydrogen) atoms. The first-order chi connectivity index (χ1) is 13.3. The third-order valence-electron chi connectivity index (χ3n) is 4.77. The Hall–Kier alpha value is -2.51. The van der Waals surface area contributed by atoms with Gasteiger partial charge in [-0.3, -0.25) is 4.79 Å². The van der Waals surface area contributed by atoms with Crippen molar-refractivity contribution in [3.05, 3.63) is 78.1 Å². The van der Waals surface area contributed by atoms with Gasteiger partial charge in [0.25, 0.3) is 0 Å². The molecule has 1 aliphatic rings. The number of benzene rings is 2. The second-order valence-electron chi connectivity index (χ2n) is 6.86. The maximum Gasteiger partial charge on any atom is 0.245 e. The standard InChI is InChI=1S/C21H23FN2O3S/c1-16-10-12-19(13-11-16)28(26,27)24(15-18-7-4-3-5-8-18)21(17(2)22)23-14-6-9-20(23)25/h3-5,7-8,10-13,21H,2,6,9,14-15H2,1H3. The molecule has 0 saturated carbocycles. The predicted molar refractivity (Wildman–Crippen MR) is 105 cm³/mol. The summed E-state index contributed by atoms with van der Waals surface area (Å²) in [5.41, 5.74) is 1.60. The van der Waals surface area contributed by atoms with Crippen molar-refractivity contribution in [1.82, 2.24) is 9.21 Å². The number of carbonyl (C=O) groups excluding carboxylic acids is 1. The summed E-state index contributed by atoms with van der Waals surface area (Å²) in [6, 6.07) is 15.3. The Balaban J connectivity index is 2.08. The van der Waals surface area contributed by atoms with E-state index in [0.717, 1.165) is 9.87 Å². The molecular formula is C21H23FN2O3S. The number of halogens is 1. The Kier molecular flexibility index (Phi) is 5.96. The number of sulfonamides is 1. The molecule has 1 amide bonds. The molecule has 1 aliphatic heterocycles. The van der Waals surface area contributed by atoms with Crippen LogP contribution in [0.2, 0.25) is 0 Å². The number of aryl methyl sites for hydroxylation is 1. The lowest BCUT2D eigenvalue weighted by molar-refractivity contribution is -0.131. The Morgan fingerprint density at radius 1 is 1.18 bits per heavy atom. The number of amides is 1. The first-order valence-corrected chi connectivity index (χ1v) is 10.5. The molecule has 0 bridgehead atoms. The molecule has 0 N–H and O–H groups in total. The smallest absolute Gasteiger partial charge is 0.245 e. The third-order valence-corrected chi connectivity index (χ3v) is 6.58. The highest BCUT2D eigenvalue weighted by atomic mass is 32.2. The van der Waals surface area contributed by atoms with Crippen LogP contribution in [0.5, 0.6) is 0 Å². The molecule has 0 aromatic heterocycles. The van der Waals surface area contributed by atoms with Gasteiger partial charge in [0.05, 0.1) is 4.90 Å². The molecule has 1 fully saturated rings. The van der Waals surface area contributed by atoms with Crippen LogP contribution in [0.4, 0.5) is 4.39 Å². The Morgan fingerprint density at radius 2 is 1.82 bits per heavy atom. The van der Waals surface area contributed by atoms with Gasteiger partial charge in [-0.05, 0) is 31.0 Å². The lowest BCUT2D eigenvalue weighted by Gasteiger charge is -2.35. The largest absolute Gasteiger partial charge is 0.320 e. The van der Waals surface area contributed by atoms with Crippen LogP contribution in [-0.2, 0) is 21.4 Å². The number of rotatable bonds is 7. The first kappa shape index (κ1) is 20.2. The summed E-state index contributed by atoms with van der Waals surface area (Å²) in [4.78, 5) is 13.6. The van der Waals surface area contributed by atoms with Crippen LogP contribution >= 0.6 is 0 Å².